The predicted molar refractivity (Wildman–Crippen MR) is 154 cm³/mol. The summed E-state index contributed by atoms with van der Waals surface area (Å²) in [4.78, 5) is 24.3. The van der Waals surface area contributed by atoms with Crippen LogP contribution >= 0.6 is 63.9 Å². The van der Waals surface area contributed by atoms with E-state index < -0.39 is 16.6 Å². The van der Waals surface area contributed by atoms with Gasteiger partial charge in [0.1, 0.15) is 0 Å². The second kappa shape index (κ2) is 15.8. The van der Waals surface area contributed by atoms with Crippen LogP contribution in [0.25, 0.3) is 0 Å². The molecule has 0 amide bonds. The second-order valence-electron chi connectivity index (χ2n) is 8.25. The Morgan fingerprint density at radius 2 is 1.04 bits per heavy atom. The van der Waals surface area contributed by atoms with Crippen LogP contribution in [-0.2, 0) is 0 Å². The van der Waals surface area contributed by atoms with Gasteiger partial charge >= 0.3 is 0 Å². The maximum absolute atomic E-state index is 9.96. The molecule has 0 aromatic carbocycles. The van der Waals surface area contributed by atoms with Crippen molar-refractivity contribution >= 4 is 89.2 Å². The van der Waals surface area contributed by atoms with Crippen LogP contribution in [0.3, 0.4) is 0 Å². The van der Waals surface area contributed by atoms with Crippen LogP contribution in [0.15, 0.2) is 0 Å². The summed E-state index contributed by atoms with van der Waals surface area (Å²) in [6.45, 7) is 8.07. The van der Waals surface area contributed by atoms with Gasteiger partial charge in [0.05, 0.1) is 8.64 Å². The van der Waals surface area contributed by atoms with E-state index in [4.69, 9.17) is 0 Å². The molecule has 0 saturated heterocycles. The highest BCUT2D eigenvalue weighted by Gasteiger charge is 2.16. The molecule has 170 valence electrons. The summed E-state index contributed by atoms with van der Waals surface area (Å²) in [5.74, 6) is 2.24. The highest BCUT2D eigenvalue weighted by Crippen LogP contribution is 2.45. The lowest BCUT2D eigenvalue weighted by molar-refractivity contribution is 0.545. The van der Waals surface area contributed by atoms with Gasteiger partial charge in [0.2, 0.25) is 0 Å². The van der Waals surface area contributed by atoms with E-state index in [1.54, 1.807) is 0 Å². The molecule has 0 radical (unpaired) electrons. The zero-order valence-corrected chi connectivity index (χ0v) is 25.6. The molecule has 0 aromatic rings. The van der Waals surface area contributed by atoms with Crippen LogP contribution in [0.1, 0.15) is 12.8 Å². The van der Waals surface area contributed by atoms with E-state index in [1.165, 1.54) is 31.3 Å². The molecule has 0 unspecified atom stereocenters. The van der Waals surface area contributed by atoms with Crippen molar-refractivity contribution in [1.82, 2.24) is 9.80 Å². The number of rotatable bonds is 11. The molecule has 0 atom stereocenters. The van der Waals surface area contributed by atoms with Gasteiger partial charge in [-0.25, -0.2) is 0 Å². The lowest BCUT2D eigenvalue weighted by Crippen LogP contribution is -2.24. The fourth-order valence-corrected chi connectivity index (χ4v) is 14.8. The number of thiol groups is 2. The molecule has 0 rings (SSSR count). The third-order valence-electron chi connectivity index (χ3n) is 3.40. The predicted octanol–water partition coefficient (Wildman–Crippen LogP) is 5.07. The first-order valence-corrected chi connectivity index (χ1v) is 22.7. The van der Waals surface area contributed by atoms with Crippen LogP contribution in [0, 0.1) is 0 Å². The first kappa shape index (κ1) is 30.1. The minimum Gasteiger partial charge on any atom is -0.432 e. The van der Waals surface area contributed by atoms with Gasteiger partial charge in [-0.1, -0.05) is 0 Å². The average Bonchev–Trinajstić information content (AvgIpc) is 2.52. The Balaban J connectivity index is 4.35. The van der Waals surface area contributed by atoms with Gasteiger partial charge in [-0.15, -0.1) is 0 Å². The first-order chi connectivity index (χ1) is 12.8. The van der Waals surface area contributed by atoms with Crippen molar-refractivity contribution < 1.29 is 9.59 Å². The highest BCUT2D eigenvalue weighted by molar-refractivity contribution is 9.29. The van der Waals surface area contributed by atoms with Crippen molar-refractivity contribution in [3.63, 3.8) is 0 Å². The zero-order chi connectivity index (χ0) is 21.8. The fourth-order valence-electron chi connectivity index (χ4n) is 1.95. The van der Waals surface area contributed by atoms with Crippen molar-refractivity contribution in [2.45, 2.75) is 51.1 Å². The SMILES string of the molecule is CN(C)C(SSSSC(=[SH]CCC[Si](C)(C)O)N(C)C)=[SH]CCC[Si](C)(C)O. The summed E-state index contributed by atoms with van der Waals surface area (Å²) >= 11 is 2.71. The van der Waals surface area contributed by atoms with Gasteiger partial charge in [-0.2, -0.15) is 22.7 Å². The Morgan fingerprint density at radius 3 is 1.29 bits per heavy atom. The summed E-state index contributed by atoms with van der Waals surface area (Å²) in [7, 11) is 12.0. The molecule has 0 spiro atoms. The first-order valence-electron chi connectivity index (χ1n) is 9.38. The normalized spacial score (nSPS) is 15.0. The zero-order valence-electron chi connectivity index (χ0n) is 18.6. The van der Waals surface area contributed by atoms with Crippen LogP contribution in [0.5, 0.6) is 0 Å². The van der Waals surface area contributed by atoms with Crippen molar-refractivity contribution in [3.8, 4) is 0 Å². The molecule has 28 heavy (non-hydrogen) atoms. The van der Waals surface area contributed by atoms with Crippen LogP contribution in [0.4, 0.5) is 0 Å². The molecule has 12 heteroatoms. The van der Waals surface area contributed by atoms with Gasteiger partial charge in [0.15, 0.2) is 16.6 Å². The molecule has 4 nitrogen and oxygen atoms in total. The molecular weight excluding hydrogens is 501 g/mol. The highest BCUT2D eigenvalue weighted by atomic mass is 33.7. The van der Waals surface area contributed by atoms with E-state index in [0.29, 0.717) is 0 Å². The maximum atomic E-state index is 9.96. The number of hydrogen-bond acceptors (Lipinski definition) is 6. The molecule has 0 saturated carbocycles. The van der Waals surface area contributed by atoms with Crippen LogP contribution in [0.2, 0.25) is 38.3 Å². The van der Waals surface area contributed by atoms with Crippen molar-refractivity contribution in [2.75, 3.05) is 39.7 Å². The maximum Gasteiger partial charge on any atom is 0.182 e. The van der Waals surface area contributed by atoms with Crippen molar-refractivity contribution in [3.05, 3.63) is 0 Å². The van der Waals surface area contributed by atoms with Crippen molar-refractivity contribution in [2.24, 2.45) is 0 Å². The summed E-state index contributed by atoms with van der Waals surface area (Å²) in [5.41, 5.74) is 0. The molecule has 2 N–H and O–H groups in total. The summed E-state index contributed by atoms with van der Waals surface area (Å²) in [6, 6.07) is 1.97. The monoisotopic (exact) mass is 540 g/mol. The Morgan fingerprint density at radius 1 is 0.714 bits per heavy atom. The minimum atomic E-state index is -1.90. The summed E-state index contributed by atoms with van der Waals surface area (Å²) in [6.07, 6.45) is 2.21. The van der Waals surface area contributed by atoms with E-state index in [2.05, 4.69) is 38.0 Å². The molecule has 0 aliphatic heterocycles. The van der Waals surface area contributed by atoms with Gasteiger partial charge in [0, 0.05) is 0 Å². The van der Waals surface area contributed by atoms with Gasteiger partial charge in [-0.3, -0.25) is 9.80 Å². The summed E-state index contributed by atoms with van der Waals surface area (Å²) in [5, 5.41) is 0. The van der Waals surface area contributed by atoms with Crippen molar-refractivity contribution in [1.29, 1.82) is 0 Å². The third kappa shape index (κ3) is 18.8. The van der Waals surface area contributed by atoms with E-state index >= 15 is 0 Å². The van der Waals surface area contributed by atoms with E-state index in [-0.39, 0.29) is 0 Å². The number of hydrogen-bond donors (Lipinski definition) is 4. The largest absolute Gasteiger partial charge is 0.432 e. The molecule has 0 bridgehead atoms. The number of nitrogens with zero attached hydrogens (tertiary/aromatic N) is 2. The van der Waals surface area contributed by atoms with Gasteiger partial charge in [-0.05, 0) is 132 Å². The van der Waals surface area contributed by atoms with Gasteiger partial charge in [0.25, 0.3) is 0 Å². The minimum absolute atomic E-state index is 0.985. The van der Waals surface area contributed by atoms with E-state index in [0.717, 1.165) is 36.4 Å². The lowest BCUT2D eigenvalue weighted by atomic mass is 10.6. The fraction of sp³-hybridized carbons (Fsp3) is 0.875. The standard InChI is InChI=1S/C16H40N2O2S6Si2/c1-17(2)15(21-11-9-13-27(5,6)19)23-25-26-24-16(18(3)4)22-12-10-14-28(7,8)20/h19-22H,9-14H2,1-8H3. The molecule has 0 aromatic heterocycles. The Hall–Kier alpha value is 2.11. The topological polar surface area (TPSA) is 46.9 Å². The molecule has 0 aliphatic carbocycles. The summed E-state index contributed by atoms with van der Waals surface area (Å²) < 4.78 is 2.74. The van der Waals surface area contributed by atoms with Gasteiger partial charge < -0.3 is 9.59 Å². The lowest BCUT2D eigenvalue weighted by Gasteiger charge is -2.16. The quantitative estimate of drug-likeness (QED) is 0.0953. The van der Waals surface area contributed by atoms with Crippen LogP contribution < -0.4 is 0 Å². The van der Waals surface area contributed by atoms with E-state index in [1.807, 2.05) is 67.4 Å². The second-order valence-corrected chi connectivity index (χ2v) is 25.1. The Kier molecular flexibility index (Phi) is 17.0. The molecule has 0 fully saturated rings. The smallest absolute Gasteiger partial charge is 0.182 e. The Labute approximate surface area is 198 Å². The van der Waals surface area contributed by atoms with Crippen LogP contribution in [-0.4, -0.2) is 84.4 Å². The Bertz CT molecular complexity index is 451. The molecular formula is C16H40N2O2S6Si2. The molecule has 0 heterocycles. The molecule has 0 aliphatic rings. The van der Waals surface area contributed by atoms with E-state index in [9.17, 15) is 9.59 Å². The third-order valence-corrected chi connectivity index (χ3v) is 17.0. The average molecular weight is 541 g/mol.